The molecule has 0 aliphatic carbocycles. The van der Waals surface area contributed by atoms with Crippen molar-refractivity contribution in [1.29, 1.82) is 0 Å². The summed E-state index contributed by atoms with van der Waals surface area (Å²) in [4.78, 5) is 0.0938. The van der Waals surface area contributed by atoms with E-state index in [0.29, 0.717) is 12.3 Å². The molecule has 0 heterocycles. The smallest absolute Gasteiger partial charge is 0.238 e. The molecule has 1 aromatic carbocycles. The van der Waals surface area contributed by atoms with Crippen molar-refractivity contribution >= 4 is 15.7 Å². The zero-order chi connectivity index (χ0) is 13.8. The lowest BCUT2D eigenvalue weighted by molar-refractivity contribution is 0.267. The standard InChI is InChI=1S/C12H20N2O3S/c1-9(2)12(7-8-15)14-10-3-5-11(6-4-10)18(13,16)17/h3-6,9,12,14-15H,7-8H2,1-2H3,(H2,13,16,17). The molecule has 0 spiro atoms. The zero-order valence-electron chi connectivity index (χ0n) is 10.6. The Kier molecular flexibility index (Phi) is 5.13. The molecule has 0 saturated carbocycles. The van der Waals surface area contributed by atoms with E-state index in [2.05, 4.69) is 19.2 Å². The molecular formula is C12H20N2O3S. The van der Waals surface area contributed by atoms with Crippen LogP contribution in [0.25, 0.3) is 0 Å². The van der Waals surface area contributed by atoms with Crippen LogP contribution in [0.3, 0.4) is 0 Å². The minimum atomic E-state index is -3.64. The largest absolute Gasteiger partial charge is 0.396 e. The van der Waals surface area contributed by atoms with E-state index in [-0.39, 0.29) is 17.5 Å². The van der Waals surface area contributed by atoms with Gasteiger partial charge >= 0.3 is 0 Å². The maximum Gasteiger partial charge on any atom is 0.238 e. The molecule has 18 heavy (non-hydrogen) atoms. The Morgan fingerprint density at radius 2 is 1.83 bits per heavy atom. The van der Waals surface area contributed by atoms with Crippen LogP contribution >= 0.6 is 0 Å². The Morgan fingerprint density at radius 1 is 1.28 bits per heavy atom. The lowest BCUT2D eigenvalue weighted by Crippen LogP contribution is -2.26. The van der Waals surface area contributed by atoms with E-state index < -0.39 is 10.0 Å². The number of primary sulfonamides is 1. The van der Waals surface area contributed by atoms with Crippen LogP contribution in [-0.2, 0) is 10.0 Å². The molecule has 0 radical (unpaired) electrons. The lowest BCUT2D eigenvalue weighted by atomic mass is 10.0. The Hall–Kier alpha value is -1.11. The van der Waals surface area contributed by atoms with E-state index in [0.717, 1.165) is 5.69 Å². The van der Waals surface area contributed by atoms with Gasteiger partial charge in [0.2, 0.25) is 10.0 Å². The molecule has 0 amide bonds. The first-order valence-electron chi connectivity index (χ1n) is 5.85. The summed E-state index contributed by atoms with van der Waals surface area (Å²) in [5.41, 5.74) is 0.814. The van der Waals surface area contributed by atoms with Crippen molar-refractivity contribution in [2.45, 2.75) is 31.2 Å². The first kappa shape index (κ1) is 14.9. The molecule has 4 N–H and O–H groups in total. The summed E-state index contributed by atoms with van der Waals surface area (Å²) in [7, 11) is -3.64. The fourth-order valence-corrected chi connectivity index (χ4v) is 2.18. The zero-order valence-corrected chi connectivity index (χ0v) is 11.4. The number of aliphatic hydroxyl groups excluding tert-OH is 1. The van der Waals surface area contributed by atoms with Crippen LogP contribution in [-0.4, -0.2) is 26.2 Å². The van der Waals surface area contributed by atoms with Gasteiger partial charge < -0.3 is 10.4 Å². The monoisotopic (exact) mass is 272 g/mol. The summed E-state index contributed by atoms with van der Waals surface area (Å²) >= 11 is 0. The Balaban J connectivity index is 2.79. The van der Waals surface area contributed by atoms with Crippen LogP contribution in [0.4, 0.5) is 5.69 Å². The van der Waals surface area contributed by atoms with Crippen LogP contribution in [0.5, 0.6) is 0 Å². The quantitative estimate of drug-likeness (QED) is 0.724. The molecule has 5 nitrogen and oxygen atoms in total. The molecule has 0 aliphatic rings. The van der Waals surface area contributed by atoms with Gasteiger partial charge in [-0.2, -0.15) is 0 Å². The lowest BCUT2D eigenvalue weighted by Gasteiger charge is -2.22. The molecule has 0 saturated heterocycles. The highest BCUT2D eigenvalue weighted by Gasteiger charge is 2.13. The number of rotatable bonds is 6. The molecular weight excluding hydrogens is 252 g/mol. The Bertz CT molecular complexity index is 469. The first-order valence-corrected chi connectivity index (χ1v) is 7.39. The van der Waals surface area contributed by atoms with Gasteiger partial charge in [0.15, 0.2) is 0 Å². The van der Waals surface area contributed by atoms with Crippen molar-refractivity contribution in [2.75, 3.05) is 11.9 Å². The summed E-state index contributed by atoms with van der Waals surface area (Å²) in [6.07, 6.45) is 0.647. The van der Waals surface area contributed by atoms with Gasteiger partial charge in [-0.05, 0) is 36.6 Å². The predicted octanol–water partition coefficient (Wildman–Crippen LogP) is 1.15. The minimum absolute atomic E-state index is 0.0938. The fraction of sp³-hybridized carbons (Fsp3) is 0.500. The summed E-state index contributed by atoms with van der Waals surface area (Å²) in [6, 6.07) is 6.43. The van der Waals surface area contributed by atoms with Gasteiger partial charge in [-0.3, -0.25) is 0 Å². The highest BCUT2D eigenvalue weighted by atomic mass is 32.2. The van der Waals surface area contributed by atoms with Crippen LogP contribution in [0.1, 0.15) is 20.3 Å². The summed E-state index contributed by atoms with van der Waals surface area (Å²) in [5.74, 6) is 0.370. The van der Waals surface area contributed by atoms with E-state index in [9.17, 15) is 8.42 Å². The molecule has 0 aromatic heterocycles. The van der Waals surface area contributed by atoms with Gasteiger partial charge in [0.05, 0.1) is 4.90 Å². The van der Waals surface area contributed by atoms with Crippen molar-refractivity contribution < 1.29 is 13.5 Å². The summed E-state index contributed by atoms with van der Waals surface area (Å²) in [5, 5.41) is 17.3. The van der Waals surface area contributed by atoms with Gasteiger partial charge in [0.25, 0.3) is 0 Å². The van der Waals surface area contributed by atoms with Gasteiger partial charge in [-0.1, -0.05) is 13.8 Å². The van der Waals surface area contributed by atoms with Gasteiger partial charge in [-0.15, -0.1) is 0 Å². The number of sulfonamides is 1. The highest BCUT2D eigenvalue weighted by Crippen LogP contribution is 2.17. The number of aliphatic hydroxyl groups is 1. The van der Waals surface area contributed by atoms with Crippen LogP contribution < -0.4 is 10.5 Å². The molecule has 6 heteroatoms. The maximum atomic E-state index is 11.1. The molecule has 0 fully saturated rings. The third kappa shape index (κ3) is 4.29. The van der Waals surface area contributed by atoms with Gasteiger partial charge in [-0.25, -0.2) is 13.6 Å². The topological polar surface area (TPSA) is 92.4 Å². The average Bonchev–Trinajstić information content (AvgIpc) is 2.28. The maximum absolute atomic E-state index is 11.1. The predicted molar refractivity (Wildman–Crippen MR) is 71.8 cm³/mol. The number of benzene rings is 1. The van der Waals surface area contributed by atoms with Crippen molar-refractivity contribution in [3.8, 4) is 0 Å². The second-order valence-electron chi connectivity index (χ2n) is 4.58. The van der Waals surface area contributed by atoms with Crippen molar-refractivity contribution in [3.05, 3.63) is 24.3 Å². The Labute approximate surface area is 108 Å². The first-order chi connectivity index (χ1) is 8.34. The molecule has 0 bridgehead atoms. The van der Waals surface area contributed by atoms with Crippen LogP contribution in [0.15, 0.2) is 29.2 Å². The van der Waals surface area contributed by atoms with Crippen molar-refractivity contribution in [2.24, 2.45) is 11.1 Å². The van der Waals surface area contributed by atoms with E-state index >= 15 is 0 Å². The van der Waals surface area contributed by atoms with Crippen LogP contribution in [0, 0.1) is 5.92 Å². The second-order valence-corrected chi connectivity index (χ2v) is 6.14. The highest BCUT2D eigenvalue weighted by molar-refractivity contribution is 7.89. The van der Waals surface area contributed by atoms with Crippen LogP contribution in [0.2, 0.25) is 0 Å². The average molecular weight is 272 g/mol. The minimum Gasteiger partial charge on any atom is -0.396 e. The second kappa shape index (κ2) is 6.17. The fourth-order valence-electron chi connectivity index (χ4n) is 1.67. The third-order valence-electron chi connectivity index (χ3n) is 2.78. The number of nitrogens with two attached hydrogens (primary N) is 1. The molecule has 1 unspecified atom stereocenters. The van der Waals surface area contributed by atoms with Crippen molar-refractivity contribution in [3.63, 3.8) is 0 Å². The molecule has 1 aromatic rings. The van der Waals surface area contributed by atoms with Gasteiger partial charge in [0.1, 0.15) is 0 Å². The molecule has 102 valence electrons. The van der Waals surface area contributed by atoms with Gasteiger partial charge in [0, 0.05) is 18.3 Å². The summed E-state index contributed by atoms with van der Waals surface area (Å²) in [6.45, 7) is 4.24. The van der Waals surface area contributed by atoms with E-state index in [1.165, 1.54) is 12.1 Å². The van der Waals surface area contributed by atoms with E-state index in [1.807, 2.05) is 0 Å². The molecule has 0 aliphatic heterocycles. The number of hydrogen-bond donors (Lipinski definition) is 3. The number of nitrogens with one attached hydrogen (secondary N) is 1. The molecule has 1 rings (SSSR count). The summed E-state index contributed by atoms with van der Waals surface area (Å²) < 4.78 is 22.2. The van der Waals surface area contributed by atoms with E-state index in [4.69, 9.17) is 10.2 Å². The molecule has 1 atom stereocenters. The normalized spacial score (nSPS) is 13.6. The SMILES string of the molecule is CC(C)C(CCO)Nc1ccc(S(N)(=O)=O)cc1. The number of anilines is 1. The Morgan fingerprint density at radius 3 is 2.22 bits per heavy atom. The van der Waals surface area contributed by atoms with Crippen molar-refractivity contribution in [1.82, 2.24) is 0 Å². The van der Waals surface area contributed by atoms with E-state index in [1.54, 1.807) is 12.1 Å². The number of hydrogen-bond acceptors (Lipinski definition) is 4. The third-order valence-corrected chi connectivity index (χ3v) is 3.71.